The van der Waals surface area contributed by atoms with Crippen LogP contribution in [0.1, 0.15) is 25.3 Å². The molecule has 1 spiro atoms. The molecule has 8 heteroatoms. The van der Waals surface area contributed by atoms with Gasteiger partial charge >= 0.3 is 0 Å². The van der Waals surface area contributed by atoms with Crippen LogP contribution in [0.2, 0.25) is 0 Å². The van der Waals surface area contributed by atoms with E-state index in [1.807, 2.05) is 30.4 Å². The monoisotopic (exact) mass is 393 g/mol. The molecular formula is C21H27N7O. The van der Waals surface area contributed by atoms with E-state index in [4.69, 9.17) is 0 Å². The van der Waals surface area contributed by atoms with E-state index in [1.165, 1.54) is 0 Å². The summed E-state index contributed by atoms with van der Waals surface area (Å²) in [6, 6.07) is 1.83. The van der Waals surface area contributed by atoms with Gasteiger partial charge in [-0.2, -0.15) is 0 Å². The fourth-order valence-electron chi connectivity index (χ4n) is 5.43. The van der Waals surface area contributed by atoms with E-state index in [2.05, 4.69) is 36.7 Å². The Morgan fingerprint density at radius 2 is 1.66 bits per heavy atom. The van der Waals surface area contributed by atoms with E-state index in [0.29, 0.717) is 12.5 Å². The zero-order valence-electron chi connectivity index (χ0n) is 17.0. The number of hydrogen-bond acceptors (Lipinski definition) is 7. The number of carbonyl (C=O) groups is 1. The Bertz CT molecular complexity index is 880. The van der Waals surface area contributed by atoms with Gasteiger partial charge in [0.2, 0.25) is 17.8 Å². The minimum atomic E-state index is -0.0921. The molecule has 5 rings (SSSR count). The van der Waals surface area contributed by atoms with Gasteiger partial charge in [0.15, 0.2) is 0 Å². The van der Waals surface area contributed by atoms with Crippen LogP contribution in [0.5, 0.6) is 0 Å². The number of fused-ring (bicyclic) bond motifs is 2. The Balaban J connectivity index is 1.34. The zero-order chi connectivity index (χ0) is 20.0. The predicted molar refractivity (Wildman–Crippen MR) is 110 cm³/mol. The van der Waals surface area contributed by atoms with Gasteiger partial charge in [0.25, 0.3) is 0 Å². The Hall–Kier alpha value is -2.77. The minimum absolute atomic E-state index is 0.0374. The first-order chi connectivity index (χ1) is 14.1. The smallest absolute Gasteiger partial charge is 0.228 e. The topological polar surface area (TPSA) is 78.4 Å². The Labute approximate surface area is 171 Å². The molecule has 0 unspecified atom stereocenters. The highest BCUT2D eigenvalue weighted by molar-refractivity contribution is 5.84. The molecule has 2 aromatic heterocycles. The summed E-state index contributed by atoms with van der Waals surface area (Å²) in [4.78, 5) is 37.5. The van der Waals surface area contributed by atoms with Crippen LogP contribution in [0.25, 0.3) is 0 Å². The van der Waals surface area contributed by atoms with E-state index in [1.54, 1.807) is 12.4 Å². The van der Waals surface area contributed by atoms with E-state index in [-0.39, 0.29) is 17.4 Å². The highest BCUT2D eigenvalue weighted by atomic mass is 16.2. The van der Waals surface area contributed by atoms with Crippen LogP contribution >= 0.6 is 0 Å². The average molecular weight is 393 g/mol. The Kier molecular flexibility index (Phi) is 4.37. The molecule has 0 aliphatic carbocycles. The molecule has 3 aliphatic rings. The summed E-state index contributed by atoms with van der Waals surface area (Å²) in [7, 11) is 1.99. The van der Waals surface area contributed by atoms with E-state index < -0.39 is 0 Å². The molecule has 2 aromatic rings. The van der Waals surface area contributed by atoms with Crippen molar-refractivity contribution in [2.24, 2.45) is 11.8 Å². The third-order valence-corrected chi connectivity index (χ3v) is 7.17. The van der Waals surface area contributed by atoms with Crippen molar-refractivity contribution in [1.29, 1.82) is 0 Å². The van der Waals surface area contributed by atoms with E-state index in [0.717, 1.165) is 56.4 Å². The molecule has 0 N–H and O–H groups in total. The second-order valence-electron chi connectivity index (χ2n) is 8.40. The number of nitrogens with zero attached hydrogens (tertiary/aromatic N) is 7. The van der Waals surface area contributed by atoms with Crippen molar-refractivity contribution < 1.29 is 4.79 Å². The molecule has 0 aromatic carbocycles. The summed E-state index contributed by atoms with van der Waals surface area (Å²) in [5.41, 5.74) is 1.06. The molecule has 8 nitrogen and oxygen atoms in total. The lowest BCUT2D eigenvalue weighted by molar-refractivity contribution is -0.132. The Morgan fingerprint density at radius 3 is 2.31 bits per heavy atom. The first-order valence-corrected chi connectivity index (χ1v) is 10.5. The lowest BCUT2D eigenvalue weighted by Crippen LogP contribution is -2.56. The van der Waals surface area contributed by atoms with Crippen LogP contribution in [0.3, 0.4) is 0 Å². The number of likely N-dealkylation sites (tertiary alicyclic amines) is 1. The van der Waals surface area contributed by atoms with Gasteiger partial charge in [0.1, 0.15) is 0 Å². The van der Waals surface area contributed by atoms with Gasteiger partial charge in [-0.05, 0) is 30.9 Å². The molecule has 0 saturated carbocycles. The first-order valence-electron chi connectivity index (χ1n) is 10.5. The molecule has 2 atom stereocenters. The van der Waals surface area contributed by atoms with Crippen LogP contribution in [0, 0.1) is 11.8 Å². The first kappa shape index (κ1) is 18.3. The predicted octanol–water partition coefficient (Wildman–Crippen LogP) is 1.39. The normalized spacial score (nSPS) is 25.7. The highest BCUT2D eigenvalue weighted by Gasteiger charge is 2.60. The third-order valence-electron chi connectivity index (χ3n) is 7.17. The SMILES string of the molecule is CCc1cnc(N2CCC3(CC2)[C@H]2CN(c4ncccn4)C[C@H]2C(=O)N3C)nc1. The highest BCUT2D eigenvalue weighted by Crippen LogP contribution is 2.49. The number of anilines is 2. The van der Waals surface area contributed by atoms with Crippen LogP contribution in [-0.2, 0) is 11.2 Å². The molecule has 3 fully saturated rings. The van der Waals surface area contributed by atoms with Gasteiger partial charge in [-0.1, -0.05) is 6.92 Å². The number of carbonyl (C=O) groups excluding carboxylic acids is 1. The summed E-state index contributed by atoms with van der Waals surface area (Å²) in [5, 5.41) is 0. The maximum atomic E-state index is 13.1. The van der Waals surface area contributed by atoms with Gasteiger partial charge in [0, 0.05) is 63.9 Å². The van der Waals surface area contributed by atoms with Crippen molar-refractivity contribution in [1.82, 2.24) is 24.8 Å². The second kappa shape index (κ2) is 6.93. The molecule has 3 aliphatic heterocycles. The van der Waals surface area contributed by atoms with Crippen LogP contribution in [-0.4, -0.2) is 69.5 Å². The standard InChI is InChI=1S/C21H27N7O/c1-3-15-11-24-20(25-12-15)27-9-5-21(6-10-27)17-14-28(19-22-7-4-8-23-19)13-16(17)18(29)26(21)2/h4,7-8,11-12,16-17H,3,5-6,9-10,13-14H2,1-2H3/t16-,17+/m1/s1. The molecule has 0 radical (unpaired) electrons. The molecule has 152 valence electrons. The van der Waals surface area contributed by atoms with Gasteiger partial charge in [0.05, 0.1) is 11.5 Å². The van der Waals surface area contributed by atoms with Crippen molar-refractivity contribution in [3.8, 4) is 0 Å². The summed E-state index contributed by atoms with van der Waals surface area (Å²) >= 11 is 0. The largest absolute Gasteiger partial charge is 0.341 e. The van der Waals surface area contributed by atoms with E-state index in [9.17, 15) is 4.79 Å². The number of rotatable bonds is 3. The quantitative estimate of drug-likeness (QED) is 0.780. The molecule has 5 heterocycles. The maximum Gasteiger partial charge on any atom is 0.228 e. The summed E-state index contributed by atoms with van der Waals surface area (Å²) < 4.78 is 0. The Morgan fingerprint density at radius 1 is 1.00 bits per heavy atom. The van der Waals surface area contributed by atoms with Crippen molar-refractivity contribution in [3.05, 3.63) is 36.4 Å². The molecule has 0 bridgehead atoms. The molecule has 1 amide bonds. The van der Waals surface area contributed by atoms with Crippen molar-refractivity contribution in [2.45, 2.75) is 31.7 Å². The van der Waals surface area contributed by atoms with Crippen molar-refractivity contribution in [2.75, 3.05) is 43.0 Å². The van der Waals surface area contributed by atoms with Crippen LogP contribution < -0.4 is 9.80 Å². The summed E-state index contributed by atoms with van der Waals surface area (Å²) in [6.07, 6.45) is 10.2. The lowest BCUT2D eigenvalue weighted by Gasteiger charge is -2.46. The van der Waals surface area contributed by atoms with Crippen molar-refractivity contribution in [3.63, 3.8) is 0 Å². The summed E-state index contributed by atoms with van der Waals surface area (Å²) in [5.74, 6) is 2.15. The van der Waals surface area contributed by atoms with Gasteiger partial charge < -0.3 is 14.7 Å². The van der Waals surface area contributed by atoms with Crippen LogP contribution in [0.15, 0.2) is 30.9 Å². The fourth-order valence-corrected chi connectivity index (χ4v) is 5.43. The zero-order valence-corrected chi connectivity index (χ0v) is 17.0. The minimum Gasteiger partial charge on any atom is -0.341 e. The molecule has 3 saturated heterocycles. The third kappa shape index (κ3) is 2.84. The van der Waals surface area contributed by atoms with E-state index >= 15 is 0 Å². The molecular weight excluding hydrogens is 366 g/mol. The van der Waals surface area contributed by atoms with Crippen LogP contribution in [0.4, 0.5) is 11.9 Å². The van der Waals surface area contributed by atoms with Crippen molar-refractivity contribution >= 4 is 17.8 Å². The van der Waals surface area contributed by atoms with Gasteiger partial charge in [-0.25, -0.2) is 19.9 Å². The maximum absolute atomic E-state index is 13.1. The number of aromatic nitrogens is 4. The second-order valence-corrected chi connectivity index (χ2v) is 8.40. The lowest BCUT2D eigenvalue weighted by atomic mass is 9.75. The van der Waals surface area contributed by atoms with Gasteiger partial charge in [-0.3, -0.25) is 4.79 Å². The number of amides is 1. The average Bonchev–Trinajstić information content (AvgIpc) is 3.31. The van der Waals surface area contributed by atoms with Gasteiger partial charge in [-0.15, -0.1) is 0 Å². The number of aryl methyl sites for hydroxylation is 1. The molecule has 29 heavy (non-hydrogen) atoms. The number of piperidine rings is 1. The number of hydrogen-bond donors (Lipinski definition) is 0. The summed E-state index contributed by atoms with van der Waals surface area (Å²) in [6.45, 7) is 5.40. The fraction of sp³-hybridized carbons (Fsp3) is 0.571.